The van der Waals surface area contributed by atoms with Gasteiger partial charge in [-0.2, -0.15) is 8.42 Å². The van der Waals surface area contributed by atoms with Gasteiger partial charge in [0.1, 0.15) is 0 Å². The number of hydrogen-bond acceptors (Lipinski definition) is 6. The van der Waals surface area contributed by atoms with Crippen molar-refractivity contribution >= 4 is 39.3 Å². The molecule has 0 unspecified atom stereocenters. The van der Waals surface area contributed by atoms with Crippen LogP contribution in [0.3, 0.4) is 0 Å². The second kappa shape index (κ2) is 7.98. The Morgan fingerprint density at radius 1 is 1.20 bits per heavy atom. The van der Waals surface area contributed by atoms with Crippen molar-refractivity contribution in [2.75, 3.05) is 14.1 Å². The smallest absolute Gasteiger partial charge is 0.304 e. The number of benzene rings is 1. The van der Waals surface area contributed by atoms with E-state index < -0.39 is 10.4 Å². The van der Waals surface area contributed by atoms with E-state index in [0.717, 1.165) is 33.9 Å². The summed E-state index contributed by atoms with van der Waals surface area (Å²) >= 11 is 3.57. The predicted molar refractivity (Wildman–Crippen MR) is 100 cm³/mol. The van der Waals surface area contributed by atoms with Crippen LogP contribution < -0.4 is 0 Å². The fourth-order valence-electron chi connectivity index (χ4n) is 2.54. The van der Waals surface area contributed by atoms with Gasteiger partial charge in [0.2, 0.25) is 0 Å². The minimum atomic E-state index is -4.67. The quantitative estimate of drug-likeness (QED) is 0.746. The zero-order valence-corrected chi connectivity index (χ0v) is 16.5. The van der Waals surface area contributed by atoms with E-state index in [0.29, 0.717) is 0 Å². The van der Waals surface area contributed by atoms with E-state index in [9.17, 15) is 4.79 Å². The van der Waals surface area contributed by atoms with Crippen molar-refractivity contribution < 1.29 is 22.3 Å². The van der Waals surface area contributed by atoms with Gasteiger partial charge in [0.25, 0.3) is 0 Å². The van der Waals surface area contributed by atoms with Gasteiger partial charge in [-0.05, 0) is 26.6 Å². The van der Waals surface area contributed by atoms with Crippen LogP contribution in [-0.4, -0.2) is 42.3 Å². The van der Waals surface area contributed by atoms with Gasteiger partial charge < -0.3 is 4.90 Å². The Bertz CT molecular complexity index is 879. The molecule has 1 aromatic heterocycles. The van der Waals surface area contributed by atoms with Crippen LogP contribution in [0.5, 0.6) is 0 Å². The molecule has 0 fully saturated rings. The number of hydrogen-bond donors (Lipinski definition) is 2. The van der Waals surface area contributed by atoms with E-state index >= 15 is 0 Å². The summed E-state index contributed by atoms with van der Waals surface area (Å²) < 4.78 is 31.6. The first-order chi connectivity index (χ1) is 11.6. The Labute approximate surface area is 155 Å². The molecule has 0 atom stereocenters. The number of rotatable bonds is 2. The van der Waals surface area contributed by atoms with Crippen LogP contribution >= 0.6 is 23.1 Å². The highest BCUT2D eigenvalue weighted by Gasteiger charge is 2.27. The molecule has 2 N–H and O–H groups in total. The van der Waals surface area contributed by atoms with Crippen molar-refractivity contribution in [2.24, 2.45) is 0 Å². The molecule has 0 saturated carbocycles. The lowest BCUT2D eigenvalue weighted by Gasteiger charge is -2.09. The van der Waals surface area contributed by atoms with Gasteiger partial charge in [-0.1, -0.05) is 24.3 Å². The summed E-state index contributed by atoms with van der Waals surface area (Å²) in [6.45, 7) is 2.96. The minimum absolute atomic E-state index is 0.194. The van der Waals surface area contributed by atoms with E-state index in [-0.39, 0.29) is 5.78 Å². The molecule has 2 aromatic rings. The number of thiophene rings is 1. The molecule has 0 saturated heterocycles. The molecule has 0 amide bonds. The van der Waals surface area contributed by atoms with Crippen molar-refractivity contribution in [2.45, 2.75) is 24.1 Å². The maximum atomic E-state index is 12.8. The molecular weight excluding hydrogens is 382 g/mol. The largest absolute Gasteiger partial charge is 0.394 e. The van der Waals surface area contributed by atoms with Crippen LogP contribution in [0.15, 0.2) is 29.2 Å². The third-order valence-electron chi connectivity index (χ3n) is 3.43. The Morgan fingerprint density at radius 3 is 2.40 bits per heavy atom. The van der Waals surface area contributed by atoms with Crippen molar-refractivity contribution in [3.63, 3.8) is 0 Å². The van der Waals surface area contributed by atoms with Gasteiger partial charge in [-0.15, -0.1) is 23.1 Å². The molecule has 136 valence electrons. The first-order valence-electron chi connectivity index (χ1n) is 7.30. The predicted octanol–water partition coefficient (Wildman–Crippen LogP) is 3.30. The monoisotopic (exact) mass is 401 g/mol. The molecule has 9 heteroatoms. The van der Waals surface area contributed by atoms with E-state index in [2.05, 4.69) is 32.0 Å². The van der Waals surface area contributed by atoms with E-state index in [1.165, 1.54) is 9.77 Å². The highest BCUT2D eigenvalue weighted by Crippen LogP contribution is 2.42. The standard InChI is InChI=1S/C16H17NOS2.H2O4S/c1-10-14-15(18)12-7-5-4-6-11(12)9-19-16(14)13(20-10)8-17(2)3;1-5(2,3)4/h4-7H,8-9H2,1-3H3;(H2,1,2,3,4). The van der Waals surface area contributed by atoms with Crippen molar-refractivity contribution in [1.29, 1.82) is 0 Å². The summed E-state index contributed by atoms with van der Waals surface area (Å²) in [6, 6.07) is 7.99. The van der Waals surface area contributed by atoms with Crippen LogP contribution in [0.4, 0.5) is 0 Å². The molecule has 1 aromatic carbocycles. The Kier molecular flexibility index (Phi) is 6.41. The van der Waals surface area contributed by atoms with Crippen molar-refractivity contribution in [1.82, 2.24) is 4.90 Å². The highest BCUT2D eigenvalue weighted by molar-refractivity contribution is 7.98. The Hall–Kier alpha value is -1.23. The third-order valence-corrected chi connectivity index (χ3v) is 5.84. The maximum absolute atomic E-state index is 12.8. The first-order valence-corrected chi connectivity index (χ1v) is 10.5. The lowest BCUT2D eigenvalue weighted by atomic mass is 9.99. The summed E-state index contributed by atoms with van der Waals surface area (Å²) in [4.78, 5) is 18.6. The van der Waals surface area contributed by atoms with Gasteiger partial charge in [-0.3, -0.25) is 13.9 Å². The van der Waals surface area contributed by atoms with E-state index in [4.69, 9.17) is 17.5 Å². The minimum Gasteiger partial charge on any atom is -0.304 e. The molecule has 1 aliphatic rings. The van der Waals surface area contributed by atoms with E-state index in [1.54, 1.807) is 11.3 Å². The summed E-state index contributed by atoms with van der Waals surface area (Å²) in [5.74, 6) is 1.07. The molecule has 1 aliphatic heterocycles. The fraction of sp³-hybridized carbons (Fsp3) is 0.312. The Balaban J connectivity index is 0.000000399. The molecule has 3 rings (SSSR count). The van der Waals surface area contributed by atoms with Crippen LogP contribution in [-0.2, 0) is 22.7 Å². The molecule has 0 bridgehead atoms. The molecule has 6 nitrogen and oxygen atoms in total. The van der Waals surface area contributed by atoms with Gasteiger partial charge in [-0.25, -0.2) is 0 Å². The van der Waals surface area contributed by atoms with Crippen LogP contribution in [0.1, 0.15) is 31.2 Å². The maximum Gasteiger partial charge on any atom is 0.394 e. The molecule has 0 radical (unpaired) electrons. The average molecular weight is 402 g/mol. The lowest BCUT2D eigenvalue weighted by molar-refractivity contribution is 0.103. The number of carbonyl (C=O) groups is 1. The SMILES string of the molecule is Cc1sc(CN(C)C)c2c1C(=O)c1ccccc1CS2.O=S(=O)(O)O. The summed E-state index contributed by atoms with van der Waals surface area (Å²) in [7, 11) is -0.529. The normalized spacial score (nSPS) is 13.6. The number of fused-ring (bicyclic) bond motifs is 2. The fourth-order valence-corrected chi connectivity index (χ4v) is 5.26. The molecule has 0 spiro atoms. The topological polar surface area (TPSA) is 94.9 Å². The van der Waals surface area contributed by atoms with E-state index in [1.807, 2.05) is 30.0 Å². The van der Waals surface area contributed by atoms with Crippen LogP contribution in [0, 0.1) is 6.92 Å². The van der Waals surface area contributed by atoms with Gasteiger partial charge in [0.15, 0.2) is 5.78 Å². The third kappa shape index (κ3) is 5.37. The Morgan fingerprint density at radius 2 is 1.80 bits per heavy atom. The second-order valence-electron chi connectivity index (χ2n) is 5.75. The molecular formula is C16H19NO5S3. The van der Waals surface area contributed by atoms with Gasteiger partial charge >= 0.3 is 10.4 Å². The highest BCUT2D eigenvalue weighted by atomic mass is 32.3. The zero-order valence-electron chi connectivity index (χ0n) is 14.0. The summed E-state index contributed by atoms with van der Waals surface area (Å²) in [5, 5.41) is 0. The number of aryl methyl sites for hydroxylation is 1. The van der Waals surface area contributed by atoms with Gasteiger partial charge in [0, 0.05) is 32.5 Å². The van der Waals surface area contributed by atoms with Crippen molar-refractivity contribution in [3.05, 3.63) is 50.7 Å². The summed E-state index contributed by atoms with van der Waals surface area (Å²) in [6.07, 6.45) is 0. The second-order valence-corrected chi connectivity index (χ2v) is 8.94. The number of thioether (sulfide) groups is 1. The number of ketones is 1. The lowest BCUT2D eigenvalue weighted by Crippen LogP contribution is -2.10. The summed E-state index contributed by atoms with van der Waals surface area (Å²) in [5.41, 5.74) is 2.96. The van der Waals surface area contributed by atoms with Crippen LogP contribution in [0.2, 0.25) is 0 Å². The van der Waals surface area contributed by atoms with Crippen LogP contribution in [0.25, 0.3) is 0 Å². The molecule has 2 heterocycles. The zero-order chi connectivity index (χ0) is 18.8. The molecule has 0 aliphatic carbocycles. The van der Waals surface area contributed by atoms with Gasteiger partial charge in [0.05, 0.1) is 5.56 Å². The average Bonchev–Trinajstić information content (AvgIpc) is 2.68. The first kappa shape index (κ1) is 20.1. The molecule has 25 heavy (non-hydrogen) atoms. The van der Waals surface area contributed by atoms with Crippen molar-refractivity contribution in [3.8, 4) is 0 Å². The number of carbonyl (C=O) groups excluding carboxylic acids is 1. The number of nitrogens with zero attached hydrogens (tertiary/aromatic N) is 1.